The van der Waals surface area contributed by atoms with Crippen molar-refractivity contribution in [1.82, 2.24) is 14.8 Å². The second-order valence-electron chi connectivity index (χ2n) is 4.89. The molecule has 118 valence electrons. The molecule has 0 radical (unpaired) electrons. The van der Waals surface area contributed by atoms with E-state index in [-0.39, 0.29) is 11.6 Å². The molecule has 0 saturated carbocycles. The number of hydrogen-bond donors (Lipinski definition) is 1. The van der Waals surface area contributed by atoms with E-state index < -0.39 is 11.8 Å². The van der Waals surface area contributed by atoms with Gasteiger partial charge in [-0.1, -0.05) is 17.8 Å². The van der Waals surface area contributed by atoms with E-state index in [1.54, 1.807) is 10.6 Å². The summed E-state index contributed by atoms with van der Waals surface area (Å²) >= 11 is 1.38. The van der Waals surface area contributed by atoms with E-state index in [0.29, 0.717) is 22.4 Å². The molecule has 0 aliphatic carbocycles. The molecule has 2 N–H and O–H groups in total. The molecule has 0 aliphatic heterocycles. The van der Waals surface area contributed by atoms with Crippen molar-refractivity contribution in [3.8, 4) is 0 Å². The Morgan fingerprint density at radius 2 is 2.18 bits per heavy atom. The molecule has 0 spiro atoms. The van der Waals surface area contributed by atoms with Gasteiger partial charge in [0.2, 0.25) is 5.95 Å². The van der Waals surface area contributed by atoms with Gasteiger partial charge in [-0.05, 0) is 31.5 Å². The summed E-state index contributed by atoms with van der Waals surface area (Å²) in [5.74, 6) is -0.288. The van der Waals surface area contributed by atoms with Crippen molar-refractivity contribution in [2.24, 2.45) is 0 Å². The van der Waals surface area contributed by atoms with Gasteiger partial charge < -0.3 is 10.5 Å². The van der Waals surface area contributed by atoms with Crippen LogP contribution >= 0.6 is 11.8 Å². The maximum Gasteiger partial charge on any atom is 0.338 e. The summed E-state index contributed by atoms with van der Waals surface area (Å²) in [5.41, 5.74) is 6.65. The van der Waals surface area contributed by atoms with Crippen LogP contribution in [0.2, 0.25) is 0 Å². The lowest BCUT2D eigenvalue weighted by Gasteiger charge is -2.12. The molecule has 0 amide bonds. The maximum absolute atomic E-state index is 13.3. The zero-order valence-corrected chi connectivity index (χ0v) is 13.4. The maximum atomic E-state index is 13.3. The van der Waals surface area contributed by atoms with Crippen molar-refractivity contribution in [3.05, 3.63) is 35.1 Å². The predicted molar refractivity (Wildman–Crippen MR) is 82.1 cm³/mol. The zero-order valence-electron chi connectivity index (χ0n) is 12.5. The number of methoxy groups -OCH3 is 1. The number of nitrogens with two attached hydrogens (primary N) is 1. The van der Waals surface area contributed by atoms with E-state index in [2.05, 4.69) is 14.9 Å². The molecule has 0 aliphatic rings. The first kappa shape index (κ1) is 16.3. The Balaban J connectivity index is 2.24. The van der Waals surface area contributed by atoms with Crippen molar-refractivity contribution in [2.45, 2.75) is 30.8 Å². The van der Waals surface area contributed by atoms with E-state index in [1.165, 1.54) is 31.0 Å². The van der Waals surface area contributed by atoms with Crippen LogP contribution in [0.3, 0.4) is 0 Å². The zero-order chi connectivity index (χ0) is 16.3. The average Bonchev–Trinajstić information content (AvgIpc) is 2.86. The quantitative estimate of drug-likeness (QED) is 0.672. The largest absolute Gasteiger partial charge is 0.465 e. The Bertz CT molecular complexity index is 687. The fraction of sp³-hybridized carbons (Fsp3) is 0.357. The molecule has 0 bridgehead atoms. The summed E-state index contributed by atoms with van der Waals surface area (Å²) in [6.45, 7) is 3.95. The van der Waals surface area contributed by atoms with Gasteiger partial charge in [0.15, 0.2) is 5.16 Å². The molecular weight excluding hydrogens is 307 g/mol. The van der Waals surface area contributed by atoms with Crippen molar-refractivity contribution in [2.75, 3.05) is 12.8 Å². The molecule has 0 fully saturated rings. The fourth-order valence-corrected chi connectivity index (χ4v) is 3.07. The number of nitrogens with zero attached hydrogens (tertiary/aromatic N) is 3. The number of thioether (sulfide) groups is 1. The monoisotopic (exact) mass is 324 g/mol. The van der Waals surface area contributed by atoms with Crippen LogP contribution in [0.25, 0.3) is 0 Å². The first-order valence-corrected chi connectivity index (χ1v) is 7.62. The van der Waals surface area contributed by atoms with Crippen molar-refractivity contribution in [3.63, 3.8) is 0 Å². The standard InChI is InChI=1S/C14H17FN4O2S/c1-8(2)19-13(16)17-18-14(19)22-7-9-4-5-10(15)6-11(9)12(20)21-3/h4-6,8H,7H2,1-3H3,(H2,16,17). The van der Waals surface area contributed by atoms with Crippen LogP contribution in [-0.4, -0.2) is 27.8 Å². The van der Waals surface area contributed by atoms with E-state index in [9.17, 15) is 9.18 Å². The number of halogens is 1. The number of rotatable bonds is 5. The number of carbonyl (C=O) groups excluding carboxylic acids is 1. The molecule has 0 atom stereocenters. The van der Waals surface area contributed by atoms with Crippen molar-refractivity contribution in [1.29, 1.82) is 0 Å². The lowest BCUT2D eigenvalue weighted by atomic mass is 10.1. The minimum Gasteiger partial charge on any atom is -0.465 e. The molecule has 6 nitrogen and oxygen atoms in total. The SMILES string of the molecule is COC(=O)c1cc(F)ccc1CSc1nnc(N)n1C(C)C. The highest BCUT2D eigenvalue weighted by atomic mass is 32.2. The number of anilines is 1. The molecule has 22 heavy (non-hydrogen) atoms. The molecule has 0 unspecified atom stereocenters. The van der Waals surface area contributed by atoms with Crippen LogP contribution in [0, 0.1) is 5.82 Å². The predicted octanol–water partition coefficient (Wildman–Crippen LogP) is 2.66. The van der Waals surface area contributed by atoms with E-state index in [1.807, 2.05) is 13.8 Å². The Hall–Kier alpha value is -2.09. The van der Waals surface area contributed by atoms with Crippen LogP contribution in [-0.2, 0) is 10.5 Å². The number of carbonyl (C=O) groups is 1. The minimum atomic E-state index is -0.569. The topological polar surface area (TPSA) is 83.0 Å². The number of ether oxygens (including phenoxy) is 1. The normalized spacial score (nSPS) is 11.0. The number of esters is 1. The van der Waals surface area contributed by atoms with Crippen LogP contribution in [0.5, 0.6) is 0 Å². The van der Waals surface area contributed by atoms with Gasteiger partial charge in [-0.15, -0.1) is 10.2 Å². The molecule has 2 aromatic rings. The van der Waals surface area contributed by atoms with Gasteiger partial charge in [0.1, 0.15) is 5.82 Å². The summed E-state index contributed by atoms with van der Waals surface area (Å²) in [6.07, 6.45) is 0. The molecule has 1 heterocycles. The molecule has 2 rings (SSSR count). The number of aromatic nitrogens is 3. The highest BCUT2D eigenvalue weighted by molar-refractivity contribution is 7.98. The minimum absolute atomic E-state index is 0.116. The Morgan fingerprint density at radius 1 is 1.45 bits per heavy atom. The molecule has 0 saturated heterocycles. The van der Waals surface area contributed by atoms with Gasteiger partial charge in [-0.25, -0.2) is 9.18 Å². The van der Waals surface area contributed by atoms with Gasteiger partial charge in [-0.3, -0.25) is 4.57 Å². The first-order valence-electron chi connectivity index (χ1n) is 6.64. The molecular formula is C14H17FN4O2S. The van der Waals surface area contributed by atoms with Gasteiger partial charge in [0.05, 0.1) is 12.7 Å². The van der Waals surface area contributed by atoms with Crippen LogP contribution in [0.15, 0.2) is 23.4 Å². The fourth-order valence-electron chi connectivity index (χ4n) is 1.99. The van der Waals surface area contributed by atoms with Gasteiger partial charge >= 0.3 is 5.97 Å². The van der Waals surface area contributed by atoms with Crippen LogP contribution < -0.4 is 5.73 Å². The molecule has 8 heteroatoms. The van der Waals surface area contributed by atoms with Gasteiger partial charge in [-0.2, -0.15) is 0 Å². The third-order valence-corrected chi connectivity index (χ3v) is 4.03. The first-order chi connectivity index (χ1) is 10.4. The van der Waals surface area contributed by atoms with Gasteiger partial charge in [0, 0.05) is 11.8 Å². The summed E-state index contributed by atoms with van der Waals surface area (Å²) in [6, 6.07) is 4.16. The van der Waals surface area contributed by atoms with Crippen molar-refractivity contribution >= 4 is 23.7 Å². The van der Waals surface area contributed by atoms with Crippen LogP contribution in [0.1, 0.15) is 35.8 Å². The smallest absolute Gasteiger partial charge is 0.338 e. The molecule has 1 aromatic carbocycles. The molecule has 1 aromatic heterocycles. The lowest BCUT2D eigenvalue weighted by Crippen LogP contribution is -2.08. The third-order valence-electron chi connectivity index (χ3n) is 3.04. The Morgan fingerprint density at radius 3 is 2.82 bits per heavy atom. The Labute approximate surface area is 131 Å². The number of hydrogen-bond acceptors (Lipinski definition) is 6. The second kappa shape index (κ2) is 6.78. The van der Waals surface area contributed by atoms with E-state index >= 15 is 0 Å². The lowest BCUT2D eigenvalue weighted by molar-refractivity contribution is 0.0599. The number of nitrogen functional groups attached to an aromatic ring is 1. The van der Waals surface area contributed by atoms with Crippen LogP contribution in [0.4, 0.5) is 10.3 Å². The van der Waals surface area contributed by atoms with Crippen molar-refractivity contribution < 1.29 is 13.9 Å². The highest BCUT2D eigenvalue weighted by Gasteiger charge is 2.16. The second-order valence-corrected chi connectivity index (χ2v) is 5.83. The van der Waals surface area contributed by atoms with Gasteiger partial charge in [0.25, 0.3) is 0 Å². The summed E-state index contributed by atoms with van der Waals surface area (Å²) in [7, 11) is 1.26. The Kier molecular flexibility index (Phi) is 5.02. The summed E-state index contributed by atoms with van der Waals surface area (Å²) in [4.78, 5) is 11.7. The highest BCUT2D eigenvalue weighted by Crippen LogP contribution is 2.27. The third kappa shape index (κ3) is 3.38. The average molecular weight is 324 g/mol. The van der Waals surface area contributed by atoms with E-state index in [4.69, 9.17) is 5.73 Å². The summed E-state index contributed by atoms with van der Waals surface area (Å²) in [5, 5.41) is 8.53. The summed E-state index contributed by atoms with van der Waals surface area (Å²) < 4.78 is 19.8. The number of benzene rings is 1. The van der Waals surface area contributed by atoms with E-state index in [0.717, 1.165) is 0 Å².